The molecular weight excluding hydrogens is 320 g/mol. The molecule has 1 saturated carbocycles. The third-order valence-corrected chi connectivity index (χ3v) is 4.47. The molecule has 2 amide bonds. The van der Waals surface area contributed by atoms with Gasteiger partial charge in [-0.15, -0.1) is 0 Å². The summed E-state index contributed by atoms with van der Waals surface area (Å²) in [5.41, 5.74) is 0.0376. The average Bonchev–Trinajstić information content (AvgIpc) is 3.25. The maximum Gasteiger partial charge on any atom is 0.251 e. The van der Waals surface area contributed by atoms with Crippen LogP contribution in [0.4, 0.5) is 0 Å². The molecule has 0 radical (unpaired) electrons. The van der Waals surface area contributed by atoms with Crippen molar-refractivity contribution in [2.24, 2.45) is 0 Å². The first-order chi connectivity index (χ1) is 12.1. The lowest BCUT2D eigenvalue weighted by Gasteiger charge is -2.26. The summed E-state index contributed by atoms with van der Waals surface area (Å²) in [7, 11) is 0. The zero-order chi connectivity index (χ0) is 17.7. The second kappa shape index (κ2) is 7.46. The van der Waals surface area contributed by atoms with Crippen LogP contribution in [-0.4, -0.2) is 28.5 Å². The quantitative estimate of drug-likeness (QED) is 0.838. The highest BCUT2D eigenvalue weighted by Crippen LogP contribution is 2.37. The average molecular weight is 342 g/mol. The number of hydrogen-bond acceptors (Lipinski definition) is 5. The molecule has 1 heterocycles. The van der Waals surface area contributed by atoms with E-state index in [1.165, 1.54) is 0 Å². The Morgan fingerprint density at radius 1 is 1.20 bits per heavy atom. The first-order valence-corrected chi connectivity index (χ1v) is 8.54. The number of nitrogens with zero attached hydrogens (tertiary/aromatic N) is 2. The zero-order valence-electron chi connectivity index (χ0n) is 14.2. The van der Waals surface area contributed by atoms with E-state index in [4.69, 9.17) is 4.52 Å². The van der Waals surface area contributed by atoms with Gasteiger partial charge in [-0.2, -0.15) is 4.98 Å². The van der Waals surface area contributed by atoms with E-state index in [2.05, 4.69) is 20.8 Å². The van der Waals surface area contributed by atoms with Crippen molar-refractivity contribution in [3.05, 3.63) is 47.6 Å². The van der Waals surface area contributed by atoms with Gasteiger partial charge in [-0.3, -0.25) is 9.59 Å². The molecule has 1 aliphatic carbocycles. The summed E-state index contributed by atoms with van der Waals surface area (Å²) in [6.07, 6.45) is 3.83. The summed E-state index contributed by atoms with van der Waals surface area (Å²) in [5.74, 6) is 0.727. The van der Waals surface area contributed by atoms with Crippen LogP contribution in [0.2, 0.25) is 0 Å². The second-order valence-corrected chi connectivity index (χ2v) is 6.35. The zero-order valence-corrected chi connectivity index (χ0v) is 14.2. The fourth-order valence-corrected chi connectivity index (χ4v) is 3.19. The van der Waals surface area contributed by atoms with Gasteiger partial charge in [0, 0.05) is 25.5 Å². The Morgan fingerprint density at radius 2 is 1.92 bits per heavy atom. The SMILES string of the molecule is Cc1nc(C2(NC(=O)CCNC(=O)c3ccccc3)CCCC2)no1. The molecule has 0 bridgehead atoms. The standard InChI is InChI=1S/C18H22N4O3/c1-13-20-17(22-25-13)18(10-5-6-11-18)21-15(23)9-12-19-16(24)14-7-3-2-4-8-14/h2-4,7-8H,5-6,9-12H2,1H3,(H,19,24)(H,21,23). The topological polar surface area (TPSA) is 97.1 Å². The molecule has 7 heteroatoms. The number of rotatable bonds is 6. The lowest BCUT2D eigenvalue weighted by atomic mass is 9.96. The highest BCUT2D eigenvalue weighted by Gasteiger charge is 2.41. The van der Waals surface area contributed by atoms with E-state index < -0.39 is 5.54 Å². The number of carbonyl (C=O) groups excluding carboxylic acids is 2. The number of benzene rings is 1. The normalized spacial score (nSPS) is 15.7. The molecule has 7 nitrogen and oxygen atoms in total. The van der Waals surface area contributed by atoms with E-state index in [0.717, 1.165) is 25.7 Å². The summed E-state index contributed by atoms with van der Waals surface area (Å²) >= 11 is 0. The molecule has 1 aliphatic rings. The van der Waals surface area contributed by atoms with Crippen LogP contribution in [-0.2, 0) is 10.3 Å². The Bertz CT molecular complexity index is 736. The van der Waals surface area contributed by atoms with Crippen LogP contribution in [0.25, 0.3) is 0 Å². The molecule has 1 fully saturated rings. The minimum absolute atomic E-state index is 0.127. The van der Waals surface area contributed by atoms with Crippen molar-refractivity contribution in [1.29, 1.82) is 0 Å². The first kappa shape index (κ1) is 17.1. The van der Waals surface area contributed by atoms with Gasteiger partial charge in [-0.25, -0.2) is 0 Å². The van der Waals surface area contributed by atoms with Crippen LogP contribution >= 0.6 is 0 Å². The predicted octanol–water partition coefficient (Wildman–Crippen LogP) is 2.08. The third kappa shape index (κ3) is 4.04. The van der Waals surface area contributed by atoms with E-state index in [-0.39, 0.29) is 24.8 Å². The van der Waals surface area contributed by atoms with Gasteiger partial charge in [0.15, 0.2) is 5.82 Å². The van der Waals surface area contributed by atoms with Gasteiger partial charge in [0.1, 0.15) is 5.54 Å². The Balaban J connectivity index is 1.53. The summed E-state index contributed by atoms with van der Waals surface area (Å²) in [4.78, 5) is 28.6. The van der Waals surface area contributed by atoms with Crippen molar-refractivity contribution >= 4 is 11.8 Å². The Kier molecular flexibility index (Phi) is 5.11. The van der Waals surface area contributed by atoms with Crippen LogP contribution in [0.5, 0.6) is 0 Å². The molecular formula is C18H22N4O3. The highest BCUT2D eigenvalue weighted by molar-refractivity contribution is 5.94. The molecule has 0 aliphatic heterocycles. The Labute approximate surface area is 146 Å². The highest BCUT2D eigenvalue weighted by atomic mass is 16.5. The van der Waals surface area contributed by atoms with Crippen LogP contribution in [0.15, 0.2) is 34.9 Å². The van der Waals surface area contributed by atoms with Gasteiger partial charge in [-0.1, -0.05) is 36.2 Å². The van der Waals surface area contributed by atoms with E-state index in [9.17, 15) is 9.59 Å². The molecule has 2 N–H and O–H groups in total. The number of hydrogen-bond donors (Lipinski definition) is 2. The molecule has 132 valence electrons. The minimum Gasteiger partial charge on any atom is -0.352 e. The third-order valence-electron chi connectivity index (χ3n) is 4.47. The number of carbonyl (C=O) groups is 2. The lowest BCUT2D eigenvalue weighted by molar-refractivity contribution is -0.123. The van der Waals surface area contributed by atoms with Crippen molar-refractivity contribution < 1.29 is 14.1 Å². The van der Waals surface area contributed by atoms with Crippen molar-refractivity contribution in [2.45, 2.75) is 44.6 Å². The van der Waals surface area contributed by atoms with Crippen molar-refractivity contribution in [2.75, 3.05) is 6.54 Å². The van der Waals surface area contributed by atoms with E-state index in [0.29, 0.717) is 17.3 Å². The largest absolute Gasteiger partial charge is 0.352 e. The maximum absolute atomic E-state index is 12.4. The van der Waals surface area contributed by atoms with Crippen LogP contribution in [0.1, 0.15) is 54.2 Å². The second-order valence-electron chi connectivity index (χ2n) is 6.35. The predicted molar refractivity (Wildman–Crippen MR) is 90.7 cm³/mol. The summed E-state index contributed by atoms with van der Waals surface area (Å²) < 4.78 is 5.08. The van der Waals surface area contributed by atoms with Gasteiger partial charge in [0.2, 0.25) is 11.8 Å². The number of aromatic nitrogens is 2. The molecule has 25 heavy (non-hydrogen) atoms. The number of aryl methyl sites for hydroxylation is 1. The monoisotopic (exact) mass is 342 g/mol. The molecule has 1 aromatic heterocycles. The van der Waals surface area contributed by atoms with Gasteiger partial charge >= 0.3 is 0 Å². The molecule has 0 atom stereocenters. The lowest BCUT2D eigenvalue weighted by Crippen LogP contribution is -2.45. The van der Waals surface area contributed by atoms with E-state index >= 15 is 0 Å². The minimum atomic E-state index is -0.543. The van der Waals surface area contributed by atoms with E-state index in [1.54, 1.807) is 31.2 Å². The van der Waals surface area contributed by atoms with Crippen molar-refractivity contribution in [1.82, 2.24) is 20.8 Å². The molecule has 3 rings (SSSR count). The van der Waals surface area contributed by atoms with Crippen molar-refractivity contribution in [3.8, 4) is 0 Å². The maximum atomic E-state index is 12.4. The fraction of sp³-hybridized carbons (Fsp3) is 0.444. The van der Waals surface area contributed by atoms with Gasteiger partial charge in [0.05, 0.1) is 0 Å². The van der Waals surface area contributed by atoms with Gasteiger partial charge < -0.3 is 15.2 Å². The van der Waals surface area contributed by atoms with Crippen LogP contribution in [0, 0.1) is 6.92 Å². The number of amides is 2. The molecule has 0 unspecified atom stereocenters. The molecule has 2 aromatic rings. The summed E-state index contributed by atoms with van der Waals surface area (Å²) in [6, 6.07) is 8.94. The summed E-state index contributed by atoms with van der Waals surface area (Å²) in [5, 5.41) is 9.82. The van der Waals surface area contributed by atoms with Crippen molar-refractivity contribution in [3.63, 3.8) is 0 Å². The van der Waals surface area contributed by atoms with E-state index in [1.807, 2.05) is 6.07 Å². The summed E-state index contributed by atoms with van der Waals surface area (Å²) in [6.45, 7) is 2.01. The number of nitrogens with one attached hydrogen (secondary N) is 2. The first-order valence-electron chi connectivity index (χ1n) is 8.54. The van der Waals surface area contributed by atoms with Gasteiger partial charge in [-0.05, 0) is 25.0 Å². The Morgan fingerprint density at radius 3 is 2.56 bits per heavy atom. The van der Waals surface area contributed by atoms with Gasteiger partial charge in [0.25, 0.3) is 5.91 Å². The van der Waals surface area contributed by atoms with Crippen LogP contribution < -0.4 is 10.6 Å². The molecule has 0 saturated heterocycles. The Hall–Kier alpha value is -2.70. The fourth-order valence-electron chi connectivity index (χ4n) is 3.19. The smallest absolute Gasteiger partial charge is 0.251 e. The van der Waals surface area contributed by atoms with Crippen LogP contribution in [0.3, 0.4) is 0 Å². The molecule has 0 spiro atoms. The molecule has 1 aromatic carbocycles.